The van der Waals surface area contributed by atoms with Crippen LogP contribution in [0.4, 0.5) is 0 Å². The molecule has 35 heavy (non-hydrogen) atoms. The van der Waals surface area contributed by atoms with E-state index in [-0.39, 0.29) is 24.4 Å². The summed E-state index contributed by atoms with van der Waals surface area (Å²) in [6.45, 7) is 10.1. The van der Waals surface area contributed by atoms with Crippen molar-refractivity contribution in [3.8, 4) is 0 Å². The lowest BCUT2D eigenvalue weighted by Crippen LogP contribution is -2.47. The van der Waals surface area contributed by atoms with Crippen LogP contribution in [0.2, 0.25) is 0 Å². The predicted octanol–water partition coefficient (Wildman–Crippen LogP) is 7.16. The van der Waals surface area contributed by atoms with Crippen molar-refractivity contribution in [3.05, 3.63) is 57.3 Å². The SMILES string of the molecule is CCCCCCCCCC(=O)N(CC(=O)N1CCc2sccc2C1c1ccc(C)cc1)CC(C)C. The summed E-state index contributed by atoms with van der Waals surface area (Å²) in [5.41, 5.74) is 3.60. The number of nitrogens with zero attached hydrogens (tertiary/aromatic N) is 2. The van der Waals surface area contributed by atoms with Crippen LogP contribution in [-0.2, 0) is 16.0 Å². The molecule has 0 fully saturated rings. The molecule has 1 atom stereocenters. The molecule has 0 spiro atoms. The van der Waals surface area contributed by atoms with Gasteiger partial charge in [-0.2, -0.15) is 0 Å². The van der Waals surface area contributed by atoms with Crippen LogP contribution in [0.3, 0.4) is 0 Å². The summed E-state index contributed by atoms with van der Waals surface area (Å²) in [6, 6.07) is 10.6. The van der Waals surface area contributed by atoms with Gasteiger partial charge in [-0.05, 0) is 48.3 Å². The van der Waals surface area contributed by atoms with Crippen molar-refractivity contribution >= 4 is 23.2 Å². The number of benzene rings is 1. The quantitative estimate of drug-likeness (QED) is 0.276. The summed E-state index contributed by atoms with van der Waals surface area (Å²) in [4.78, 5) is 32.0. The van der Waals surface area contributed by atoms with Gasteiger partial charge in [0.2, 0.25) is 11.8 Å². The molecule has 0 aliphatic carbocycles. The largest absolute Gasteiger partial charge is 0.333 e. The molecular formula is C30H44N2O2S. The van der Waals surface area contributed by atoms with Crippen LogP contribution in [-0.4, -0.2) is 41.2 Å². The zero-order chi connectivity index (χ0) is 25.2. The molecule has 1 aliphatic heterocycles. The highest BCUT2D eigenvalue weighted by atomic mass is 32.1. The highest BCUT2D eigenvalue weighted by molar-refractivity contribution is 7.10. The van der Waals surface area contributed by atoms with E-state index in [1.165, 1.54) is 48.1 Å². The number of hydrogen-bond acceptors (Lipinski definition) is 3. The number of unbranched alkanes of at least 4 members (excludes halogenated alkanes) is 6. The molecule has 2 amide bonds. The minimum atomic E-state index is -0.0720. The fourth-order valence-corrected chi connectivity index (χ4v) is 5.94. The highest BCUT2D eigenvalue weighted by Crippen LogP contribution is 2.38. The van der Waals surface area contributed by atoms with E-state index in [0.29, 0.717) is 25.4 Å². The monoisotopic (exact) mass is 496 g/mol. The van der Waals surface area contributed by atoms with E-state index in [1.807, 2.05) is 9.80 Å². The fourth-order valence-electron chi connectivity index (χ4n) is 5.03. The van der Waals surface area contributed by atoms with Gasteiger partial charge in [0.1, 0.15) is 0 Å². The summed E-state index contributed by atoms with van der Waals surface area (Å²) in [5, 5.41) is 2.14. The second-order valence-corrected chi connectivity index (χ2v) is 11.5. The molecule has 1 aliphatic rings. The van der Waals surface area contributed by atoms with E-state index in [1.54, 1.807) is 11.3 Å². The molecule has 4 nitrogen and oxygen atoms in total. The number of amides is 2. The van der Waals surface area contributed by atoms with Crippen molar-refractivity contribution in [3.63, 3.8) is 0 Å². The van der Waals surface area contributed by atoms with Crippen LogP contribution < -0.4 is 0 Å². The second-order valence-electron chi connectivity index (χ2n) is 10.5. The average molecular weight is 497 g/mol. The molecule has 1 aromatic heterocycles. The van der Waals surface area contributed by atoms with Gasteiger partial charge in [-0.1, -0.05) is 89.1 Å². The first-order valence-electron chi connectivity index (χ1n) is 13.6. The van der Waals surface area contributed by atoms with Gasteiger partial charge in [0.15, 0.2) is 0 Å². The minimum Gasteiger partial charge on any atom is -0.333 e. The van der Waals surface area contributed by atoms with Gasteiger partial charge in [0.05, 0.1) is 12.6 Å². The second kappa shape index (κ2) is 13.8. The van der Waals surface area contributed by atoms with E-state index in [0.717, 1.165) is 24.8 Å². The van der Waals surface area contributed by atoms with E-state index < -0.39 is 0 Å². The summed E-state index contributed by atoms with van der Waals surface area (Å²) in [7, 11) is 0. The van der Waals surface area contributed by atoms with E-state index >= 15 is 0 Å². The van der Waals surface area contributed by atoms with E-state index in [4.69, 9.17) is 0 Å². The van der Waals surface area contributed by atoms with Crippen LogP contribution in [0.5, 0.6) is 0 Å². The Morgan fingerprint density at radius 2 is 1.71 bits per heavy atom. The van der Waals surface area contributed by atoms with Gasteiger partial charge in [0.25, 0.3) is 0 Å². The molecule has 0 radical (unpaired) electrons. The lowest BCUT2D eigenvalue weighted by molar-refractivity contribution is -0.142. The van der Waals surface area contributed by atoms with Crippen LogP contribution in [0.1, 0.15) is 99.7 Å². The molecule has 2 heterocycles. The lowest BCUT2D eigenvalue weighted by atomic mass is 9.92. The molecule has 0 N–H and O–H groups in total. The van der Waals surface area contributed by atoms with Crippen molar-refractivity contribution < 1.29 is 9.59 Å². The Hall–Kier alpha value is -2.14. The molecule has 192 valence electrons. The van der Waals surface area contributed by atoms with Crippen LogP contribution in [0.25, 0.3) is 0 Å². The summed E-state index contributed by atoms with van der Waals surface area (Å²) < 4.78 is 0. The van der Waals surface area contributed by atoms with Gasteiger partial charge in [-0.15, -0.1) is 11.3 Å². The Labute approximate surface area is 216 Å². The number of carbonyl (C=O) groups excluding carboxylic acids is 2. The molecule has 0 saturated carbocycles. The summed E-state index contributed by atoms with van der Waals surface area (Å²) >= 11 is 1.78. The van der Waals surface area contributed by atoms with Crippen molar-refractivity contribution in [1.82, 2.24) is 9.80 Å². The standard InChI is InChI=1S/C30H44N2O2S/c1-5-6-7-8-9-10-11-12-28(33)31(21-23(2)3)22-29(34)32-19-17-27-26(18-20-35-27)30(32)25-15-13-24(4)14-16-25/h13-16,18,20,23,30H,5-12,17,19,21-22H2,1-4H3. The highest BCUT2D eigenvalue weighted by Gasteiger charge is 2.34. The van der Waals surface area contributed by atoms with E-state index in [9.17, 15) is 9.59 Å². The van der Waals surface area contributed by atoms with Crippen LogP contribution in [0.15, 0.2) is 35.7 Å². The molecule has 0 bridgehead atoms. The Morgan fingerprint density at radius 1 is 1.03 bits per heavy atom. The molecule has 0 saturated heterocycles. The predicted molar refractivity (Wildman–Crippen MR) is 147 cm³/mol. The smallest absolute Gasteiger partial charge is 0.242 e. The van der Waals surface area contributed by atoms with Crippen LogP contribution >= 0.6 is 11.3 Å². The zero-order valence-corrected chi connectivity index (χ0v) is 23.0. The topological polar surface area (TPSA) is 40.6 Å². The number of fused-ring (bicyclic) bond motifs is 1. The Balaban J connectivity index is 1.66. The number of aryl methyl sites for hydroxylation is 1. The first-order valence-corrected chi connectivity index (χ1v) is 14.5. The first-order chi connectivity index (χ1) is 16.9. The summed E-state index contributed by atoms with van der Waals surface area (Å²) in [6.07, 6.45) is 9.76. The molecular weight excluding hydrogens is 452 g/mol. The van der Waals surface area contributed by atoms with Gasteiger partial charge in [0, 0.05) is 24.4 Å². The first kappa shape index (κ1) is 27.4. The molecule has 2 aromatic rings. The van der Waals surface area contributed by atoms with Crippen molar-refractivity contribution in [2.24, 2.45) is 5.92 Å². The third-order valence-electron chi connectivity index (χ3n) is 6.94. The molecule has 1 aromatic carbocycles. The Bertz CT molecular complexity index is 934. The van der Waals surface area contributed by atoms with Crippen LogP contribution in [0, 0.1) is 12.8 Å². The average Bonchev–Trinajstić information content (AvgIpc) is 3.31. The number of rotatable bonds is 13. The molecule has 5 heteroatoms. The maximum atomic E-state index is 13.7. The maximum Gasteiger partial charge on any atom is 0.242 e. The third kappa shape index (κ3) is 7.93. The third-order valence-corrected chi connectivity index (χ3v) is 7.93. The zero-order valence-electron chi connectivity index (χ0n) is 22.2. The van der Waals surface area contributed by atoms with Gasteiger partial charge >= 0.3 is 0 Å². The Kier molecular flexibility index (Phi) is 10.8. The van der Waals surface area contributed by atoms with Crippen molar-refractivity contribution in [1.29, 1.82) is 0 Å². The van der Waals surface area contributed by atoms with E-state index in [2.05, 4.69) is 63.4 Å². The maximum absolute atomic E-state index is 13.7. The van der Waals surface area contributed by atoms with Crippen molar-refractivity contribution in [2.75, 3.05) is 19.6 Å². The minimum absolute atomic E-state index is 0.0565. The van der Waals surface area contributed by atoms with Gasteiger partial charge in [-0.25, -0.2) is 0 Å². The van der Waals surface area contributed by atoms with Crippen molar-refractivity contribution in [2.45, 2.75) is 91.5 Å². The lowest BCUT2D eigenvalue weighted by Gasteiger charge is -2.38. The molecule has 3 rings (SSSR count). The normalized spacial score (nSPS) is 15.3. The number of thiophene rings is 1. The fraction of sp³-hybridized carbons (Fsp3) is 0.600. The number of hydrogen-bond donors (Lipinski definition) is 0. The number of carbonyl (C=O) groups is 2. The molecule has 1 unspecified atom stereocenters. The Morgan fingerprint density at radius 3 is 2.40 bits per heavy atom. The summed E-state index contributed by atoms with van der Waals surface area (Å²) in [5.74, 6) is 0.514. The van der Waals surface area contributed by atoms with Gasteiger partial charge < -0.3 is 9.80 Å². The van der Waals surface area contributed by atoms with Gasteiger partial charge in [-0.3, -0.25) is 9.59 Å².